The van der Waals surface area contributed by atoms with Crippen LogP contribution in [0.3, 0.4) is 0 Å². The molecule has 1 aliphatic rings. The van der Waals surface area contributed by atoms with Crippen molar-refractivity contribution in [3.63, 3.8) is 0 Å². The predicted octanol–water partition coefficient (Wildman–Crippen LogP) is 5.26. The largest absolute Gasteiger partial charge is 0.198 e. The maximum atomic E-state index is 9.33. The summed E-state index contributed by atoms with van der Waals surface area (Å²) < 4.78 is 0. The van der Waals surface area contributed by atoms with Crippen molar-refractivity contribution >= 4 is 11.8 Å². The molecule has 1 rings (SSSR count). The summed E-state index contributed by atoms with van der Waals surface area (Å²) in [5.41, 5.74) is 0.439. The molecule has 1 fully saturated rings. The Kier molecular flexibility index (Phi) is 6.05. The smallest absolute Gasteiger partial charge is 0.0667 e. The Morgan fingerprint density at radius 1 is 1.33 bits per heavy atom. The van der Waals surface area contributed by atoms with Gasteiger partial charge in [-0.15, -0.1) is 0 Å². The highest BCUT2D eigenvalue weighted by atomic mass is 32.2. The Morgan fingerprint density at radius 3 is 2.50 bits per heavy atom. The number of hydrogen-bond donors (Lipinski definition) is 0. The number of thioether (sulfide) groups is 1. The molecule has 0 bridgehead atoms. The lowest BCUT2D eigenvalue weighted by Gasteiger charge is -2.41. The maximum absolute atomic E-state index is 9.33. The maximum Gasteiger partial charge on any atom is 0.0667 e. The lowest BCUT2D eigenvalue weighted by atomic mass is 9.67. The van der Waals surface area contributed by atoms with Crippen molar-refractivity contribution in [2.24, 2.45) is 17.3 Å². The van der Waals surface area contributed by atoms with Crippen LogP contribution >= 0.6 is 11.8 Å². The molecule has 0 radical (unpaired) electrons. The first-order chi connectivity index (χ1) is 8.44. The van der Waals surface area contributed by atoms with Gasteiger partial charge in [0.2, 0.25) is 0 Å². The van der Waals surface area contributed by atoms with E-state index in [4.69, 9.17) is 0 Å². The van der Waals surface area contributed by atoms with E-state index in [0.29, 0.717) is 15.9 Å². The molecule has 4 atom stereocenters. The van der Waals surface area contributed by atoms with Crippen LogP contribution in [-0.2, 0) is 0 Å². The first-order valence-electron chi connectivity index (χ1n) is 7.49. The Bertz CT molecular complexity index is 292. The molecule has 0 amide bonds. The van der Waals surface area contributed by atoms with Crippen LogP contribution in [-0.4, -0.2) is 10.5 Å². The van der Waals surface area contributed by atoms with E-state index >= 15 is 0 Å². The second kappa shape index (κ2) is 6.85. The van der Waals surface area contributed by atoms with E-state index < -0.39 is 0 Å². The molecule has 2 heteroatoms. The molecule has 4 unspecified atom stereocenters. The zero-order valence-electron chi connectivity index (χ0n) is 12.7. The summed E-state index contributed by atoms with van der Waals surface area (Å²) in [7, 11) is 0. The molecule has 0 saturated heterocycles. The highest BCUT2D eigenvalue weighted by Crippen LogP contribution is 2.46. The number of hydrogen-bond acceptors (Lipinski definition) is 2. The van der Waals surface area contributed by atoms with Gasteiger partial charge < -0.3 is 0 Å². The van der Waals surface area contributed by atoms with E-state index in [2.05, 4.69) is 52.4 Å². The summed E-state index contributed by atoms with van der Waals surface area (Å²) in [6.45, 7) is 11.6. The third-order valence-electron chi connectivity index (χ3n) is 4.96. The summed E-state index contributed by atoms with van der Waals surface area (Å²) in [4.78, 5) is 0. The molecule has 104 valence electrons. The normalized spacial score (nSPS) is 30.8. The van der Waals surface area contributed by atoms with Gasteiger partial charge in [-0.05, 0) is 37.0 Å². The zero-order valence-corrected chi connectivity index (χ0v) is 13.5. The second-order valence-electron chi connectivity index (χ2n) is 6.48. The summed E-state index contributed by atoms with van der Waals surface area (Å²) >= 11 is 2.06. The van der Waals surface area contributed by atoms with E-state index in [1.54, 1.807) is 0 Å². The van der Waals surface area contributed by atoms with Gasteiger partial charge in [-0.2, -0.15) is 17.0 Å². The van der Waals surface area contributed by atoms with Gasteiger partial charge in [-0.25, -0.2) is 0 Å². The molecule has 1 aliphatic carbocycles. The Hall–Kier alpha value is -0.160. The van der Waals surface area contributed by atoms with Crippen molar-refractivity contribution in [3.8, 4) is 6.07 Å². The van der Waals surface area contributed by atoms with Gasteiger partial charge in [0.15, 0.2) is 0 Å². The van der Waals surface area contributed by atoms with Crippen LogP contribution in [0.4, 0.5) is 0 Å². The van der Waals surface area contributed by atoms with Crippen LogP contribution in [0.5, 0.6) is 0 Å². The Morgan fingerprint density at radius 2 is 2.00 bits per heavy atom. The minimum atomic E-state index is 0.285. The molecular formula is C16H29NS. The van der Waals surface area contributed by atoms with Gasteiger partial charge in [-0.1, -0.05) is 41.0 Å². The van der Waals surface area contributed by atoms with Gasteiger partial charge in [0.1, 0.15) is 0 Å². The molecule has 0 aromatic carbocycles. The fourth-order valence-electron chi connectivity index (χ4n) is 2.82. The van der Waals surface area contributed by atoms with E-state index in [-0.39, 0.29) is 5.92 Å². The van der Waals surface area contributed by atoms with Crippen molar-refractivity contribution in [1.29, 1.82) is 5.26 Å². The van der Waals surface area contributed by atoms with Crippen LogP contribution in [0, 0.1) is 28.6 Å². The second-order valence-corrected chi connectivity index (χ2v) is 8.16. The third kappa shape index (κ3) is 3.92. The van der Waals surface area contributed by atoms with E-state index in [9.17, 15) is 5.26 Å². The highest BCUT2D eigenvalue weighted by molar-refractivity contribution is 8.00. The number of nitrogens with zero attached hydrogens (tertiary/aromatic N) is 1. The summed E-state index contributed by atoms with van der Waals surface area (Å²) in [5.74, 6) is 1.08. The van der Waals surface area contributed by atoms with Gasteiger partial charge >= 0.3 is 0 Å². The van der Waals surface area contributed by atoms with E-state index in [1.807, 2.05) is 0 Å². The van der Waals surface area contributed by atoms with Crippen LogP contribution in [0.2, 0.25) is 0 Å². The first kappa shape index (κ1) is 15.9. The predicted molar refractivity (Wildman–Crippen MR) is 81.6 cm³/mol. The Balaban J connectivity index is 2.69. The van der Waals surface area contributed by atoms with Gasteiger partial charge in [0, 0.05) is 10.5 Å². The highest BCUT2D eigenvalue weighted by Gasteiger charge is 2.37. The average Bonchev–Trinajstić information content (AvgIpc) is 2.38. The molecule has 1 nitrogen and oxygen atoms in total. The van der Waals surface area contributed by atoms with Crippen molar-refractivity contribution in [2.75, 3.05) is 0 Å². The van der Waals surface area contributed by atoms with Crippen molar-refractivity contribution < 1.29 is 0 Å². The van der Waals surface area contributed by atoms with Crippen LogP contribution in [0.25, 0.3) is 0 Å². The fourth-order valence-corrected chi connectivity index (χ4v) is 4.34. The molecule has 0 heterocycles. The first-order valence-corrected chi connectivity index (χ1v) is 8.43. The topological polar surface area (TPSA) is 23.8 Å². The van der Waals surface area contributed by atoms with E-state index in [1.165, 1.54) is 25.7 Å². The summed E-state index contributed by atoms with van der Waals surface area (Å²) in [5, 5.41) is 10.6. The van der Waals surface area contributed by atoms with Gasteiger partial charge in [-0.3, -0.25) is 0 Å². The molecule has 0 aromatic rings. The zero-order chi connectivity index (χ0) is 13.8. The number of nitriles is 1. The van der Waals surface area contributed by atoms with Crippen LogP contribution in [0.15, 0.2) is 0 Å². The van der Waals surface area contributed by atoms with Crippen molar-refractivity contribution in [2.45, 2.75) is 77.2 Å². The van der Waals surface area contributed by atoms with Gasteiger partial charge in [0.25, 0.3) is 0 Å². The lowest BCUT2D eigenvalue weighted by molar-refractivity contribution is 0.144. The number of rotatable bonds is 5. The quantitative estimate of drug-likeness (QED) is 0.678. The third-order valence-corrected chi connectivity index (χ3v) is 6.62. The van der Waals surface area contributed by atoms with Crippen molar-refractivity contribution in [3.05, 3.63) is 0 Å². The van der Waals surface area contributed by atoms with Gasteiger partial charge in [0.05, 0.1) is 12.0 Å². The van der Waals surface area contributed by atoms with Crippen LogP contribution < -0.4 is 0 Å². The fraction of sp³-hybridized carbons (Fsp3) is 0.938. The monoisotopic (exact) mass is 267 g/mol. The standard InChI is InChI=1S/C16H29NS/c1-6-12(3)18-15-10-14(16(4,5)7-2)9-8-13(15)11-17/h12-15H,6-10H2,1-5H3. The summed E-state index contributed by atoms with van der Waals surface area (Å²) in [6.07, 6.45) is 6.06. The minimum Gasteiger partial charge on any atom is -0.198 e. The van der Waals surface area contributed by atoms with E-state index in [0.717, 1.165) is 12.3 Å². The van der Waals surface area contributed by atoms with Crippen molar-refractivity contribution in [1.82, 2.24) is 0 Å². The molecule has 0 spiro atoms. The molecule has 0 aromatic heterocycles. The van der Waals surface area contributed by atoms with Crippen LogP contribution in [0.1, 0.15) is 66.7 Å². The molecule has 18 heavy (non-hydrogen) atoms. The SMILES string of the molecule is CCC(C)SC1CC(C(C)(C)CC)CCC1C#N. The molecule has 1 saturated carbocycles. The lowest BCUT2D eigenvalue weighted by Crippen LogP contribution is -2.34. The summed E-state index contributed by atoms with van der Waals surface area (Å²) in [6, 6.07) is 2.55. The molecule has 0 N–H and O–H groups in total. The average molecular weight is 267 g/mol. The molecule has 0 aliphatic heterocycles. The minimum absolute atomic E-state index is 0.285. The Labute approximate surface area is 118 Å². The molecular weight excluding hydrogens is 238 g/mol.